The number of esters is 2. The van der Waals surface area contributed by atoms with E-state index in [9.17, 15) is 19.7 Å². The van der Waals surface area contributed by atoms with E-state index in [4.69, 9.17) is 21.1 Å². The molecule has 2 aromatic carbocycles. The van der Waals surface area contributed by atoms with Crippen LogP contribution in [0.15, 0.2) is 71.1 Å². The fourth-order valence-electron chi connectivity index (χ4n) is 5.19. The number of nitro groups is 1. The Morgan fingerprint density at radius 1 is 1.07 bits per heavy atom. The molecule has 0 spiro atoms. The molecule has 0 saturated heterocycles. The zero-order chi connectivity index (χ0) is 31.2. The predicted molar refractivity (Wildman–Crippen MR) is 163 cm³/mol. The molecule has 42 heavy (non-hydrogen) atoms. The Kier molecular flexibility index (Phi) is 10.9. The number of carbonyl (C=O) groups excluding carboxylic acids is 2. The lowest BCUT2D eigenvalue weighted by Gasteiger charge is -2.35. The molecule has 0 radical (unpaired) electrons. The van der Waals surface area contributed by atoms with E-state index in [2.05, 4.69) is 36.2 Å². The van der Waals surface area contributed by atoms with Gasteiger partial charge < -0.3 is 14.8 Å². The maximum absolute atomic E-state index is 13.8. The smallest absolute Gasteiger partial charge is 0.336 e. The van der Waals surface area contributed by atoms with E-state index in [0.29, 0.717) is 17.9 Å². The van der Waals surface area contributed by atoms with Gasteiger partial charge in [0.2, 0.25) is 0 Å². The second-order valence-electron chi connectivity index (χ2n) is 11.6. The molecule has 2 aromatic rings. The number of dihydropyridines is 1. The lowest BCUT2D eigenvalue weighted by molar-refractivity contribution is -0.384. The fourth-order valence-corrected chi connectivity index (χ4v) is 5.42. The minimum Gasteiger partial charge on any atom is -0.466 e. The molecule has 3 rings (SSSR count). The largest absolute Gasteiger partial charge is 0.466 e. The van der Waals surface area contributed by atoms with E-state index in [1.54, 1.807) is 13.8 Å². The number of carbonyl (C=O) groups is 2. The lowest BCUT2D eigenvalue weighted by Crippen LogP contribution is -2.42. The number of nitrogens with one attached hydrogen (secondary N) is 1. The molecule has 1 heterocycles. The standard InChI is InChI=1S/C32H40ClN3O6/c1-20(2)35(16-15-23-11-9-8-10-12-23)18-32(5,6)19-42-31(38)28-22(4)34-21(3)27(30(37)41-7)29(28)25-17-24(36(39)40)13-14-26(25)33/h8-14,17,20,29,34H,15-16,18-19H2,1-7H3. The quantitative estimate of drug-likeness (QED) is 0.175. The van der Waals surface area contributed by atoms with E-state index >= 15 is 0 Å². The number of hydrogen-bond donors (Lipinski definition) is 1. The highest BCUT2D eigenvalue weighted by Crippen LogP contribution is 2.43. The van der Waals surface area contributed by atoms with Crippen LogP contribution in [0.25, 0.3) is 0 Å². The van der Waals surface area contributed by atoms with Gasteiger partial charge in [-0.1, -0.05) is 55.8 Å². The Morgan fingerprint density at radius 3 is 2.26 bits per heavy atom. The number of allylic oxidation sites excluding steroid dienone is 2. The first-order valence-electron chi connectivity index (χ1n) is 13.9. The zero-order valence-electron chi connectivity index (χ0n) is 25.3. The normalized spacial score (nSPS) is 15.6. The summed E-state index contributed by atoms with van der Waals surface area (Å²) in [6.45, 7) is 13.4. The van der Waals surface area contributed by atoms with E-state index in [1.807, 2.05) is 32.0 Å². The van der Waals surface area contributed by atoms with E-state index in [-0.39, 0.29) is 40.1 Å². The summed E-state index contributed by atoms with van der Waals surface area (Å²) in [6, 6.07) is 14.5. The summed E-state index contributed by atoms with van der Waals surface area (Å²) >= 11 is 6.53. The maximum Gasteiger partial charge on any atom is 0.336 e. The number of halogens is 1. The van der Waals surface area contributed by atoms with E-state index < -0.39 is 28.2 Å². The lowest BCUT2D eigenvalue weighted by atomic mass is 9.80. The second-order valence-corrected chi connectivity index (χ2v) is 12.0. The first kappa shape index (κ1) is 32.8. The Morgan fingerprint density at radius 2 is 1.69 bits per heavy atom. The third-order valence-electron chi connectivity index (χ3n) is 7.37. The molecule has 0 saturated carbocycles. The number of benzene rings is 2. The van der Waals surface area contributed by atoms with E-state index in [0.717, 1.165) is 13.0 Å². The summed E-state index contributed by atoms with van der Waals surface area (Å²) in [4.78, 5) is 40.1. The molecule has 1 N–H and O–H groups in total. The molecular formula is C32H40ClN3O6. The van der Waals surface area contributed by atoms with Crippen LogP contribution in [0.5, 0.6) is 0 Å². The summed E-state index contributed by atoms with van der Waals surface area (Å²) < 4.78 is 10.9. The van der Waals surface area contributed by atoms with Crippen molar-refractivity contribution in [2.24, 2.45) is 5.41 Å². The summed E-state index contributed by atoms with van der Waals surface area (Å²) in [7, 11) is 1.23. The van der Waals surface area contributed by atoms with Gasteiger partial charge in [0.1, 0.15) is 0 Å². The van der Waals surface area contributed by atoms with Crippen LogP contribution < -0.4 is 5.32 Å². The number of nitro benzene ring substituents is 1. The van der Waals surface area contributed by atoms with Crippen molar-refractivity contribution in [1.82, 2.24) is 10.2 Å². The van der Waals surface area contributed by atoms with Gasteiger partial charge in [0.05, 0.1) is 35.7 Å². The van der Waals surface area contributed by atoms with Crippen LogP contribution in [-0.2, 0) is 25.5 Å². The maximum atomic E-state index is 13.8. The number of rotatable bonds is 12. The van der Waals surface area contributed by atoms with Gasteiger partial charge in [0, 0.05) is 53.1 Å². The van der Waals surface area contributed by atoms with Gasteiger partial charge in [-0.05, 0) is 51.3 Å². The number of non-ortho nitro benzene ring substituents is 1. The minimum atomic E-state index is -1.03. The van der Waals surface area contributed by atoms with Gasteiger partial charge in [-0.3, -0.25) is 15.0 Å². The summed E-state index contributed by atoms with van der Waals surface area (Å²) in [6.07, 6.45) is 0.903. The van der Waals surface area contributed by atoms with Crippen molar-refractivity contribution in [2.45, 2.75) is 59.9 Å². The SMILES string of the molecule is COC(=O)C1=C(C)NC(C)=C(C(=O)OCC(C)(C)CN(CCc2ccccc2)C(C)C)C1c1cc([N+](=O)[O-])ccc1Cl. The Hall–Kier alpha value is -3.69. The van der Waals surface area contributed by atoms with Crippen molar-refractivity contribution in [3.63, 3.8) is 0 Å². The number of nitrogens with zero attached hydrogens (tertiary/aromatic N) is 2. The molecule has 1 aliphatic rings. The van der Waals surface area contributed by atoms with Gasteiger partial charge >= 0.3 is 11.9 Å². The molecule has 0 bridgehead atoms. The molecule has 0 aromatic heterocycles. The van der Waals surface area contributed by atoms with E-state index in [1.165, 1.54) is 30.9 Å². The van der Waals surface area contributed by atoms with Gasteiger partial charge in [0.25, 0.3) is 5.69 Å². The Labute approximate surface area is 252 Å². The molecule has 0 amide bonds. The zero-order valence-corrected chi connectivity index (χ0v) is 26.1. The topological polar surface area (TPSA) is 111 Å². The van der Waals surface area contributed by atoms with Gasteiger partial charge in [-0.2, -0.15) is 0 Å². The highest BCUT2D eigenvalue weighted by molar-refractivity contribution is 6.31. The first-order valence-corrected chi connectivity index (χ1v) is 14.3. The summed E-state index contributed by atoms with van der Waals surface area (Å²) in [5.74, 6) is -2.36. The monoisotopic (exact) mass is 597 g/mol. The molecule has 1 atom stereocenters. The van der Waals surface area contributed by atoms with Crippen LogP contribution in [0.3, 0.4) is 0 Å². The van der Waals surface area contributed by atoms with Crippen LogP contribution in [0.4, 0.5) is 5.69 Å². The van der Waals surface area contributed by atoms with Crippen molar-refractivity contribution in [1.29, 1.82) is 0 Å². The van der Waals surface area contributed by atoms with Crippen LogP contribution in [0.2, 0.25) is 5.02 Å². The fraction of sp³-hybridized carbons (Fsp3) is 0.438. The van der Waals surface area contributed by atoms with Crippen LogP contribution in [0, 0.1) is 15.5 Å². The van der Waals surface area contributed by atoms with Crippen LogP contribution >= 0.6 is 11.6 Å². The number of ether oxygens (including phenoxy) is 2. The Balaban J connectivity index is 1.87. The minimum absolute atomic E-state index is 0.114. The van der Waals surface area contributed by atoms with Crippen molar-refractivity contribution >= 4 is 29.2 Å². The summed E-state index contributed by atoms with van der Waals surface area (Å²) in [5.41, 5.74) is 2.07. The third kappa shape index (κ3) is 7.98. The third-order valence-corrected chi connectivity index (χ3v) is 7.72. The average Bonchev–Trinajstić information content (AvgIpc) is 2.93. The molecule has 0 fully saturated rings. The van der Waals surface area contributed by atoms with Crippen molar-refractivity contribution < 1.29 is 24.0 Å². The second kappa shape index (κ2) is 14.0. The Bertz CT molecular complexity index is 1380. The van der Waals surface area contributed by atoms with Crippen LogP contribution in [0.1, 0.15) is 58.6 Å². The molecule has 9 nitrogen and oxygen atoms in total. The highest BCUT2D eigenvalue weighted by atomic mass is 35.5. The predicted octanol–water partition coefficient (Wildman–Crippen LogP) is 6.18. The van der Waals surface area contributed by atoms with Gasteiger partial charge in [-0.15, -0.1) is 0 Å². The molecule has 1 aliphatic heterocycles. The molecule has 1 unspecified atom stereocenters. The van der Waals surface area contributed by atoms with Crippen molar-refractivity contribution in [2.75, 3.05) is 26.8 Å². The molecule has 10 heteroatoms. The summed E-state index contributed by atoms with van der Waals surface area (Å²) in [5, 5.41) is 14.8. The molecular weight excluding hydrogens is 558 g/mol. The molecule has 0 aliphatic carbocycles. The van der Waals surface area contributed by atoms with Crippen LogP contribution in [-0.4, -0.2) is 54.6 Å². The molecule has 226 valence electrons. The van der Waals surface area contributed by atoms with Gasteiger partial charge in [0.15, 0.2) is 0 Å². The van der Waals surface area contributed by atoms with Crippen molar-refractivity contribution in [3.8, 4) is 0 Å². The highest BCUT2D eigenvalue weighted by Gasteiger charge is 2.40. The number of hydrogen-bond acceptors (Lipinski definition) is 8. The first-order chi connectivity index (χ1) is 19.8. The van der Waals surface area contributed by atoms with Crippen molar-refractivity contribution in [3.05, 3.63) is 97.3 Å². The average molecular weight is 598 g/mol. The number of methoxy groups -OCH3 is 1. The van der Waals surface area contributed by atoms with Gasteiger partial charge in [-0.25, -0.2) is 9.59 Å².